The Balaban J connectivity index is 2.02. The van der Waals surface area contributed by atoms with Crippen molar-refractivity contribution < 1.29 is 5.11 Å². The van der Waals surface area contributed by atoms with Crippen molar-refractivity contribution in [1.82, 2.24) is 9.97 Å². The second kappa shape index (κ2) is 6.12. The maximum Gasteiger partial charge on any atom is 0.146 e. The molecule has 1 unspecified atom stereocenters. The molecule has 2 aromatic rings. The molecule has 0 aliphatic heterocycles. The zero-order chi connectivity index (χ0) is 13.0. The van der Waals surface area contributed by atoms with Crippen LogP contribution in [0.5, 0.6) is 0 Å². The minimum Gasteiger partial charge on any atom is -0.387 e. The quantitative estimate of drug-likeness (QED) is 0.786. The second-order valence-corrected chi connectivity index (χ2v) is 5.16. The van der Waals surface area contributed by atoms with Gasteiger partial charge in [0.2, 0.25) is 0 Å². The number of nitrogens with one attached hydrogen (secondary N) is 2. The van der Waals surface area contributed by atoms with Crippen LogP contribution >= 0.6 is 27.3 Å². The van der Waals surface area contributed by atoms with Gasteiger partial charge in [-0.3, -0.25) is 0 Å². The van der Waals surface area contributed by atoms with Crippen molar-refractivity contribution >= 4 is 38.9 Å². The maximum atomic E-state index is 9.96. The summed E-state index contributed by atoms with van der Waals surface area (Å²) in [5.41, 5.74) is 0.909. The molecule has 0 aliphatic carbocycles. The van der Waals surface area contributed by atoms with Crippen LogP contribution < -0.4 is 10.6 Å². The number of nitrogens with zero attached hydrogens (tertiary/aromatic N) is 2. The maximum absolute atomic E-state index is 9.96. The number of aliphatic hydroxyl groups excluding tert-OH is 1. The molecule has 0 radical (unpaired) electrons. The Morgan fingerprint density at radius 2 is 2.22 bits per heavy atom. The second-order valence-electron chi connectivity index (χ2n) is 3.59. The van der Waals surface area contributed by atoms with Gasteiger partial charge in [0, 0.05) is 13.6 Å². The first-order valence-electron chi connectivity index (χ1n) is 5.34. The molecule has 2 heterocycles. The van der Waals surface area contributed by atoms with Gasteiger partial charge < -0.3 is 15.7 Å². The Morgan fingerprint density at radius 1 is 1.44 bits per heavy atom. The molecule has 18 heavy (non-hydrogen) atoms. The molecule has 0 spiro atoms. The van der Waals surface area contributed by atoms with E-state index >= 15 is 0 Å². The Hall–Kier alpha value is -1.18. The van der Waals surface area contributed by atoms with Crippen LogP contribution in [-0.2, 0) is 0 Å². The lowest BCUT2D eigenvalue weighted by Crippen LogP contribution is -2.13. The van der Waals surface area contributed by atoms with Gasteiger partial charge >= 0.3 is 0 Å². The van der Waals surface area contributed by atoms with E-state index in [1.807, 2.05) is 16.8 Å². The Kier molecular flexibility index (Phi) is 4.51. The number of halogens is 1. The summed E-state index contributed by atoms with van der Waals surface area (Å²) in [6.07, 6.45) is 0.923. The molecule has 0 aliphatic rings. The van der Waals surface area contributed by atoms with Gasteiger partial charge in [-0.15, -0.1) is 0 Å². The van der Waals surface area contributed by atoms with Crippen molar-refractivity contribution in [3.63, 3.8) is 0 Å². The molecule has 7 heteroatoms. The molecule has 96 valence electrons. The van der Waals surface area contributed by atoms with Crippen molar-refractivity contribution in [3.8, 4) is 0 Å². The van der Waals surface area contributed by atoms with Crippen molar-refractivity contribution in [2.24, 2.45) is 0 Å². The zero-order valence-electron chi connectivity index (χ0n) is 9.72. The Bertz CT molecular complexity index is 506. The summed E-state index contributed by atoms with van der Waals surface area (Å²) in [7, 11) is 1.79. The van der Waals surface area contributed by atoms with Crippen LogP contribution in [0, 0.1) is 0 Å². The standard InChI is InChI=1S/C11H13BrN4OS/c1-13-10-9(12)11(16-6-15-10)14-4-8(17)7-2-3-18-5-7/h2-3,5-6,8,17H,4H2,1H3,(H2,13,14,15,16). The molecule has 0 saturated carbocycles. The molecular weight excluding hydrogens is 316 g/mol. The summed E-state index contributed by atoms with van der Waals surface area (Å²) in [6, 6.07) is 1.91. The molecule has 1 atom stereocenters. The summed E-state index contributed by atoms with van der Waals surface area (Å²) >= 11 is 4.98. The number of thiophene rings is 1. The number of hydrogen-bond acceptors (Lipinski definition) is 6. The minimum atomic E-state index is -0.545. The van der Waals surface area contributed by atoms with Crippen LogP contribution in [0.25, 0.3) is 0 Å². The highest BCUT2D eigenvalue weighted by molar-refractivity contribution is 9.10. The van der Waals surface area contributed by atoms with Gasteiger partial charge in [-0.1, -0.05) is 0 Å². The molecule has 2 aromatic heterocycles. The summed E-state index contributed by atoms with van der Waals surface area (Å²) in [5, 5.41) is 19.9. The fourth-order valence-electron chi connectivity index (χ4n) is 1.44. The van der Waals surface area contributed by atoms with Crippen LogP contribution in [0.2, 0.25) is 0 Å². The van der Waals surface area contributed by atoms with Crippen molar-refractivity contribution in [1.29, 1.82) is 0 Å². The lowest BCUT2D eigenvalue weighted by molar-refractivity contribution is 0.192. The fourth-order valence-corrected chi connectivity index (χ4v) is 2.69. The number of rotatable bonds is 5. The first-order valence-corrected chi connectivity index (χ1v) is 7.08. The lowest BCUT2D eigenvalue weighted by atomic mass is 10.2. The average Bonchev–Trinajstić information content (AvgIpc) is 2.91. The molecule has 0 saturated heterocycles. The first-order chi connectivity index (χ1) is 8.72. The summed E-state index contributed by atoms with van der Waals surface area (Å²) in [4.78, 5) is 8.19. The van der Waals surface area contributed by atoms with Gasteiger partial charge in [0.15, 0.2) is 0 Å². The fraction of sp³-hybridized carbons (Fsp3) is 0.273. The molecule has 5 nitrogen and oxygen atoms in total. The Morgan fingerprint density at radius 3 is 2.89 bits per heavy atom. The zero-order valence-corrected chi connectivity index (χ0v) is 12.1. The van der Waals surface area contributed by atoms with Crippen molar-refractivity contribution in [2.75, 3.05) is 24.2 Å². The lowest BCUT2D eigenvalue weighted by Gasteiger charge is -2.13. The van der Waals surface area contributed by atoms with E-state index in [-0.39, 0.29) is 0 Å². The molecule has 0 bridgehead atoms. The topological polar surface area (TPSA) is 70.1 Å². The molecule has 3 N–H and O–H groups in total. The summed E-state index contributed by atoms with van der Waals surface area (Å²) in [6.45, 7) is 0.398. The molecule has 0 aromatic carbocycles. The minimum absolute atomic E-state index is 0.398. The molecule has 0 amide bonds. The third kappa shape index (κ3) is 2.98. The van der Waals surface area contributed by atoms with Gasteiger partial charge in [-0.05, 0) is 38.3 Å². The highest BCUT2D eigenvalue weighted by Crippen LogP contribution is 2.26. The van der Waals surface area contributed by atoms with Gasteiger partial charge in [0.05, 0.1) is 6.10 Å². The predicted octanol–water partition coefficient (Wildman–Crippen LogP) is 2.49. The third-order valence-corrected chi connectivity index (χ3v) is 3.87. The van der Waals surface area contributed by atoms with Gasteiger partial charge in [0.25, 0.3) is 0 Å². The van der Waals surface area contributed by atoms with Crippen LogP contribution in [0.3, 0.4) is 0 Å². The van der Waals surface area contributed by atoms with E-state index < -0.39 is 6.10 Å². The number of anilines is 2. The Labute approximate surface area is 117 Å². The van der Waals surface area contributed by atoms with Gasteiger partial charge in [-0.25, -0.2) is 9.97 Å². The van der Waals surface area contributed by atoms with Crippen molar-refractivity contribution in [3.05, 3.63) is 33.2 Å². The van der Waals surface area contributed by atoms with Gasteiger partial charge in [0.1, 0.15) is 22.4 Å². The van der Waals surface area contributed by atoms with E-state index in [1.165, 1.54) is 6.33 Å². The smallest absolute Gasteiger partial charge is 0.146 e. The van der Waals surface area contributed by atoms with Crippen LogP contribution in [0.1, 0.15) is 11.7 Å². The van der Waals surface area contributed by atoms with Crippen LogP contribution in [-0.4, -0.2) is 28.7 Å². The van der Waals surface area contributed by atoms with E-state index in [4.69, 9.17) is 0 Å². The summed E-state index contributed by atoms with van der Waals surface area (Å²) < 4.78 is 0.755. The molecular formula is C11H13BrN4OS. The predicted molar refractivity (Wildman–Crippen MR) is 77.0 cm³/mol. The van der Waals surface area contributed by atoms with Gasteiger partial charge in [-0.2, -0.15) is 11.3 Å². The summed E-state index contributed by atoms with van der Waals surface area (Å²) in [5.74, 6) is 1.36. The molecule has 2 rings (SSSR count). The van der Waals surface area contributed by atoms with E-state index in [9.17, 15) is 5.11 Å². The average molecular weight is 329 g/mol. The van der Waals surface area contributed by atoms with E-state index in [0.29, 0.717) is 18.2 Å². The monoisotopic (exact) mass is 328 g/mol. The number of aliphatic hydroxyl groups is 1. The van der Waals surface area contributed by atoms with Crippen LogP contribution in [0.15, 0.2) is 27.6 Å². The number of aromatic nitrogens is 2. The number of hydrogen-bond donors (Lipinski definition) is 3. The van der Waals surface area contributed by atoms with E-state index in [1.54, 1.807) is 18.4 Å². The largest absolute Gasteiger partial charge is 0.387 e. The highest BCUT2D eigenvalue weighted by atomic mass is 79.9. The van der Waals surface area contributed by atoms with Crippen LogP contribution in [0.4, 0.5) is 11.6 Å². The van der Waals surface area contributed by atoms with E-state index in [2.05, 4.69) is 36.5 Å². The third-order valence-electron chi connectivity index (χ3n) is 2.42. The van der Waals surface area contributed by atoms with Crippen molar-refractivity contribution in [2.45, 2.75) is 6.10 Å². The normalized spacial score (nSPS) is 12.2. The first kappa shape index (κ1) is 13.3. The highest BCUT2D eigenvalue weighted by Gasteiger charge is 2.11. The van der Waals surface area contributed by atoms with E-state index in [0.717, 1.165) is 10.0 Å². The molecule has 0 fully saturated rings. The SMILES string of the molecule is CNc1ncnc(NCC(O)c2ccsc2)c1Br.